The van der Waals surface area contributed by atoms with Gasteiger partial charge in [0.25, 0.3) is 5.91 Å². The SMILES string of the molecule is O=C(COc1ccc(Br)cc1C(=O)O)NCC1CC1. The number of halogens is 1. The summed E-state index contributed by atoms with van der Waals surface area (Å²) in [4.78, 5) is 22.5. The number of rotatable bonds is 6. The predicted molar refractivity (Wildman–Crippen MR) is 72.3 cm³/mol. The van der Waals surface area contributed by atoms with E-state index in [9.17, 15) is 9.59 Å². The van der Waals surface area contributed by atoms with Gasteiger partial charge in [0.2, 0.25) is 0 Å². The highest BCUT2D eigenvalue weighted by Gasteiger charge is 2.21. The molecule has 1 saturated carbocycles. The van der Waals surface area contributed by atoms with E-state index in [2.05, 4.69) is 21.2 Å². The molecular weight excluding hydrogens is 314 g/mol. The molecule has 0 heterocycles. The van der Waals surface area contributed by atoms with Crippen molar-refractivity contribution in [2.45, 2.75) is 12.8 Å². The maximum absolute atomic E-state index is 11.5. The molecule has 0 saturated heterocycles. The molecule has 0 spiro atoms. The fourth-order valence-electron chi connectivity index (χ4n) is 1.57. The van der Waals surface area contributed by atoms with Crippen LogP contribution in [0.1, 0.15) is 23.2 Å². The molecule has 0 aliphatic heterocycles. The van der Waals surface area contributed by atoms with Crippen molar-refractivity contribution in [2.75, 3.05) is 13.2 Å². The summed E-state index contributed by atoms with van der Waals surface area (Å²) in [6, 6.07) is 4.64. The van der Waals surface area contributed by atoms with E-state index >= 15 is 0 Å². The van der Waals surface area contributed by atoms with Gasteiger partial charge in [-0.2, -0.15) is 0 Å². The molecular formula is C13H14BrNO4. The Kier molecular flexibility index (Phi) is 4.42. The summed E-state index contributed by atoms with van der Waals surface area (Å²) in [5.74, 6) is -0.524. The van der Waals surface area contributed by atoms with Crippen LogP contribution in [0.25, 0.3) is 0 Å². The van der Waals surface area contributed by atoms with E-state index in [4.69, 9.17) is 9.84 Å². The van der Waals surface area contributed by atoms with Gasteiger partial charge < -0.3 is 15.2 Å². The molecule has 1 fully saturated rings. The van der Waals surface area contributed by atoms with Gasteiger partial charge in [0.1, 0.15) is 11.3 Å². The third-order valence-electron chi connectivity index (χ3n) is 2.82. The van der Waals surface area contributed by atoms with Gasteiger partial charge in [0.15, 0.2) is 6.61 Å². The number of amides is 1. The van der Waals surface area contributed by atoms with Crippen molar-refractivity contribution in [3.8, 4) is 5.75 Å². The molecule has 1 aromatic rings. The zero-order chi connectivity index (χ0) is 13.8. The number of benzene rings is 1. The number of carboxylic acids is 1. The Morgan fingerprint density at radius 3 is 2.79 bits per heavy atom. The summed E-state index contributed by atoms with van der Waals surface area (Å²) >= 11 is 3.19. The van der Waals surface area contributed by atoms with Crippen LogP contribution in [0.5, 0.6) is 5.75 Å². The van der Waals surface area contributed by atoms with E-state index in [0.29, 0.717) is 16.9 Å². The Morgan fingerprint density at radius 1 is 1.42 bits per heavy atom. The smallest absolute Gasteiger partial charge is 0.339 e. The highest BCUT2D eigenvalue weighted by atomic mass is 79.9. The van der Waals surface area contributed by atoms with Crippen molar-refractivity contribution in [1.82, 2.24) is 5.32 Å². The van der Waals surface area contributed by atoms with E-state index in [1.54, 1.807) is 6.07 Å². The second-order valence-corrected chi connectivity index (χ2v) is 5.40. The Hall–Kier alpha value is -1.56. The molecule has 2 N–H and O–H groups in total. The van der Waals surface area contributed by atoms with Gasteiger partial charge >= 0.3 is 5.97 Å². The van der Waals surface area contributed by atoms with Crippen LogP contribution < -0.4 is 10.1 Å². The minimum Gasteiger partial charge on any atom is -0.483 e. The van der Waals surface area contributed by atoms with Crippen LogP contribution in [0.2, 0.25) is 0 Å². The van der Waals surface area contributed by atoms with Gasteiger partial charge in [-0.3, -0.25) is 4.79 Å². The van der Waals surface area contributed by atoms with Crippen molar-refractivity contribution in [3.63, 3.8) is 0 Å². The molecule has 102 valence electrons. The normalized spacial score (nSPS) is 13.9. The summed E-state index contributed by atoms with van der Waals surface area (Å²) in [7, 11) is 0. The topological polar surface area (TPSA) is 75.6 Å². The lowest BCUT2D eigenvalue weighted by molar-refractivity contribution is -0.123. The number of aromatic carboxylic acids is 1. The number of hydrogen-bond donors (Lipinski definition) is 2. The van der Waals surface area contributed by atoms with Crippen LogP contribution in [0.3, 0.4) is 0 Å². The van der Waals surface area contributed by atoms with Crippen LogP contribution in [-0.2, 0) is 4.79 Å². The minimum absolute atomic E-state index is 0.0318. The van der Waals surface area contributed by atoms with Gasteiger partial charge in [-0.25, -0.2) is 4.79 Å². The molecule has 0 radical (unpaired) electrons. The van der Waals surface area contributed by atoms with Crippen LogP contribution in [-0.4, -0.2) is 30.1 Å². The summed E-state index contributed by atoms with van der Waals surface area (Å²) in [6.07, 6.45) is 2.33. The molecule has 1 aliphatic rings. The van der Waals surface area contributed by atoms with Crippen molar-refractivity contribution in [2.24, 2.45) is 5.92 Å². The second-order valence-electron chi connectivity index (χ2n) is 4.48. The molecule has 0 bridgehead atoms. The molecule has 0 atom stereocenters. The van der Waals surface area contributed by atoms with E-state index < -0.39 is 5.97 Å². The lowest BCUT2D eigenvalue weighted by Crippen LogP contribution is -2.30. The zero-order valence-electron chi connectivity index (χ0n) is 10.2. The van der Waals surface area contributed by atoms with Crippen molar-refractivity contribution < 1.29 is 19.4 Å². The molecule has 1 aliphatic carbocycles. The third kappa shape index (κ3) is 4.24. The number of ether oxygens (including phenoxy) is 1. The number of nitrogens with one attached hydrogen (secondary N) is 1. The van der Waals surface area contributed by atoms with Crippen molar-refractivity contribution in [3.05, 3.63) is 28.2 Å². The summed E-state index contributed by atoms with van der Waals surface area (Å²) in [5, 5.41) is 11.8. The van der Waals surface area contributed by atoms with Crippen LogP contribution >= 0.6 is 15.9 Å². The lowest BCUT2D eigenvalue weighted by atomic mass is 10.2. The number of carbonyl (C=O) groups is 2. The molecule has 0 unspecified atom stereocenters. The van der Waals surface area contributed by atoms with Crippen LogP contribution in [0.15, 0.2) is 22.7 Å². The first-order chi connectivity index (χ1) is 9.06. The molecule has 19 heavy (non-hydrogen) atoms. The highest BCUT2D eigenvalue weighted by molar-refractivity contribution is 9.10. The number of carbonyl (C=O) groups excluding carboxylic acids is 1. The lowest BCUT2D eigenvalue weighted by Gasteiger charge is -2.09. The standard InChI is InChI=1S/C13H14BrNO4/c14-9-3-4-11(10(5-9)13(17)18)19-7-12(16)15-6-8-1-2-8/h3-5,8H,1-2,6-7H2,(H,15,16)(H,17,18). The average molecular weight is 328 g/mol. The molecule has 2 rings (SSSR count). The van der Waals surface area contributed by atoms with Crippen LogP contribution in [0, 0.1) is 5.92 Å². The highest BCUT2D eigenvalue weighted by Crippen LogP contribution is 2.27. The Morgan fingerprint density at radius 2 is 2.16 bits per heavy atom. The fraction of sp³-hybridized carbons (Fsp3) is 0.385. The summed E-state index contributed by atoms with van der Waals surface area (Å²) in [6.45, 7) is 0.503. The largest absolute Gasteiger partial charge is 0.483 e. The van der Waals surface area contributed by atoms with E-state index in [1.807, 2.05) is 0 Å². The zero-order valence-corrected chi connectivity index (χ0v) is 11.8. The number of hydrogen-bond acceptors (Lipinski definition) is 3. The Labute approximate surface area is 119 Å². The van der Waals surface area contributed by atoms with E-state index in [0.717, 1.165) is 12.8 Å². The molecule has 0 aromatic heterocycles. The minimum atomic E-state index is -1.09. The maximum Gasteiger partial charge on any atom is 0.339 e. The van der Waals surface area contributed by atoms with Gasteiger partial charge in [-0.1, -0.05) is 15.9 Å². The fourth-order valence-corrected chi connectivity index (χ4v) is 1.93. The van der Waals surface area contributed by atoms with Gasteiger partial charge in [0.05, 0.1) is 0 Å². The quantitative estimate of drug-likeness (QED) is 0.838. The summed E-state index contributed by atoms with van der Waals surface area (Å²) < 4.78 is 5.90. The maximum atomic E-state index is 11.5. The second kappa shape index (κ2) is 6.06. The van der Waals surface area contributed by atoms with Gasteiger partial charge in [-0.05, 0) is 37.0 Å². The molecule has 1 aromatic carbocycles. The Bertz CT molecular complexity index is 499. The third-order valence-corrected chi connectivity index (χ3v) is 3.31. The van der Waals surface area contributed by atoms with E-state index in [-0.39, 0.29) is 23.8 Å². The molecule has 5 nitrogen and oxygen atoms in total. The average Bonchev–Trinajstić information content (AvgIpc) is 3.18. The van der Waals surface area contributed by atoms with Crippen LogP contribution in [0.4, 0.5) is 0 Å². The summed E-state index contributed by atoms with van der Waals surface area (Å²) in [5.41, 5.74) is 0.0318. The molecule has 1 amide bonds. The monoisotopic (exact) mass is 327 g/mol. The van der Waals surface area contributed by atoms with E-state index in [1.165, 1.54) is 12.1 Å². The molecule has 6 heteroatoms. The van der Waals surface area contributed by atoms with Gasteiger partial charge in [0, 0.05) is 11.0 Å². The predicted octanol–water partition coefficient (Wildman–Crippen LogP) is 2.05. The Balaban J connectivity index is 1.90. The number of carboxylic acid groups (broad SMARTS) is 1. The first-order valence-electron chi connectivity index (χ1n) is 5.98. The van der Waals surface area contributed by atoms with Gasteiger partial charge in [-0.15, -0.1) is 0 Å². The first kappa shape index (κ1) is 13.9. The van der Waals surface area contributed by atoms with Crippen molar-refractivity contribution >= 4 is 27.8 Å². The van der Waals surface area contributed by atoms with Crippen molar-refractivity contribution in [1.29, 1.82) is 0 Å². The first-order valence-corrected chi connectivity index (χ1v) is 6.78.